The zero-order chi connectivity index (χ0) is 18.7. The molecule has 26 heavy (non-hydrogen) atoms. The number of hydrogen-bond acceptors (Lipinski definition) is 4. The Labute approximate surface area is 155 Å². The number of hydrogen-bond donors (Lipinski definition) is 0. The largest absolute Gasteiger partial charge is 0.489 e. The van der Waals surface area contributed by atoms with Crippen LogP contribution in [0.15, 0.2) is 28.8 Å². The Bertz CT molecular complexity index is 732. The van der Waals surface area contributed by atoms with E-state index in [1.165, 1.54) is 19.3 Å². The molecule has 1 amide bonds. The normalized spacial score (nSPS) is 20.0. The second kappa shape index (κ2) is 7.94. The van der Waals surface area contributed by atoms with E-state index in [-0.39, 0.29) is 5.91 Å². The molecular weight excluding hydrogens is 328 g/mol. The van der Waals surface area contributed by atoms with Crippen LogP contribution in [-0.4, -0.2) is 29.1 Å². The third-order valence-electron chi connectivity index (χ3n) is 5.55. The van der Waals surface area contributed by atoms with Crippen LogP contribution in [-0.2, 0) is 6.61 Å². The number of aromatic nitrogens is 1. The Kier molecular flexibility index (Phi) is 5.64. The van der Waals surface area contributed by atoms with Crippen LogP contribution in [0.2, 0.25) is 0 Å². The van der Waals surface area contributed by atoms with Crippen molar-refractivity contribution in [1.82, 2.24) is 10.1 Å². The molecule has 1 aromatic carbocycles. The monoisotopic (exact) mass is 356 g/mol. The highest BCUT2D eigenvalue weighted by atomic mass is 16.5. The number of amides is 1. The Morgan fingerprint density at radius 3 is 2.54 bits per heavy atom. The van der Waals surface area contributed by atoms with Gasteiger partial charge in [-0.3, -0.25) is 4.79 Å². The van der Waals surface area contributed by atoms with Gasteiger partial charge in [0.2, 0.25) is 0 Å². The lowest BCUT2D eigenvalue weighted by Crippen LogP contribution is -2.42. The fourth-order valence-electron chi connectivity index (χ4n) is 3.78. The molecule has 0 N–H and O–H groups in total. The summed E-state index contributed by atoms with van der Waals surface area (Å²) in [5.74, 6) is 2.16. The average Bonchev–Trinajstić information content (AvgIpc) is 2.97. The van der Waals surface area contributed by atoms with Crippen molar-refractivity contribution in [2.45, 2.75) is 59.1 Å². The van der Waals surface area contributed by atoms with Gasteiger partial charge in [0, 0.05) is 18.7 Å². The summed E-state index contributed by atoms with van der Waals surface area (Å²) in [7, 11) is 1.93. The Balaban J connectivity index is 1.62. The van der Waals surface area contributed by atoms with E-state index in [0.29, 0.717) is 24.1 Å². The van der Waals surface area contributed by atoms with E-state index in [4.69, 9.17) is 9.26 Å². The zero-order valence-corrected chi connectivity index (χ0v) is 16.1. The van der Waals surface area contributed by atoms with Crippen molar-refractivity contribution >= 4 is 5.91 Å². The molecule has 0 aliphatic heterocycles. The number of rotatable bonds is 5. The molecule has 1 aliphatic carbocycles. The first-order chi connectivity index (χ1) is 12.5. The van der Waals surface area contributed by atoms with Gasteiger partial charge in [0.25, 0.3) is 5.91 Å². The minimum Gasteiger partial charge on any atom is -0.489 e. The van der Waals surface area contributed by atoms with Crippen molar-refractivity contribution in [3.05, 3.63) is 46.8 Å². The smallest absolute Gasteiger partial charge is 0.253 e. The Morgan fingerprint density at radius 2 is 1.92 bits per heavy atom. The van der Waals surface area contributed by atoms with Crippen LogP contribution >= 0.6 is 0 Å². The van der Waals surface area contributed by atoms with Gasteiger partial charge in [-0.25, -0.2) is 0 Å². The van der Waals surface area contributed by atoms with E-state index >= 15 is 0 Å². The highest BCUT2D eigenvalue weighted by Crippen LogP contribution is 2.28. The molecule has 140 valence electrons. The summed E-state index contributed by atoms with van der Waals surface area (Å²) >= 11 is 0. The van der Waals surface area contributed by atoms with Crippen LogP contribution in [0.4, 0.5) is 0 Å². The van der Waals surface area contributed by atoms with Gasteiger partial charge in [-0.1, -0.05) is 24.9 Å². The summed E-state index contributed by atoms with van der Waals surface area (Å²) in [6, 6.07) is 7.73. The van der Waals surface area contributed by atoms with Crippen LogP contribution in [0.1, 0.15) is 60.0 Å². The van der Waals surface area contributed by atoms with E-state index in [9.17, 15) is 4.79 Å². The summed E-state index contributed by atoms with van der Waals surface area (Å²) in [6.07, 6.45) is 4.79. The van der Waals surface area contributed by atoms with Crippen molar-refractivity contribution in [3.8, 4) is 5.75 Å². The van der Waals surface area contributed by atoms with Crippen molar-refractivity contribution in [2.24, 2.45) is 5.92 Å². The molecule has 5 nitrogen and oxygen atoms in total. The Morgan fingerprint density at radius 1 is 1.23 bits per heavy atom. The lowest BCUT2D eigenvalue weighted by atomic mass is 9.85. The quantitative estimate of drug-likeness (QED) is 0.790. The lowest BCUT2D eigenvalue weighted by molar-refractivity contribution is 0.0629. The molecule has 2 aromatic rings. The van der Waals surface area contributed by atoms with E-state index < -0.39 is 0 Å². The van der Waals surface area contributed by atoms with E-state index in [1.54, 1.807) is 0 Å². The molecule has 5 heteroatoms. The first-order valence-corrected chi connectivity index (χ1v) is 9.39. The molecule has 0 bridgehead atoms. The topological polar surface area (TPSA) is 55.6 Å². The first-order valence-electron chi connectivity index (χ1n) is 9.39. The number of aryl methyl sites for hydroxylation is 2. The van der Waals surface area contributed by atoms with E-state index in [1.807, 2.05) is 50.1 Å². The summed E-state index contributed by atoms with van der Waals surface area (Å²) < 4.78 is 11.0. The average molecular weight is 356 g/mol. The maximum absolute atomic E-state index is 12.8. The molecule has 1 saturated carbocycles. The molecule has 2 atom stereocenters. The van der Waals surface area contributed by atoms with Crippen LogP contribution in [0.3, 0.4) is 0 Å². The van der Waals surface area contributed by atoms with Crippen molar-refractivity contribution < 1.29 is 14.1 Å². The predicted octanol–water partition coefficient (Wildman–Crippen LogP) is 4.52. The first kappa shape index (κ1) is 18.5. The van der Waals surface area contributed by atoms with Gasteiger partial charge in [-0.2, -0.15) is 0 Å². The minimum atomic E-state index is 0.0843. The molecule has 3 rings (SSSR count). The standard InChI is InChI=1S/C21H28N2O3/c1-14-7-5-6-8-20(14)23(4)21(24)17-9-11-18(12-10-17)25-13-19-15(2)22-26-16(19)3/h9-12,14,20H,5-8,13H2,1-4H3. The maximum Gasteiger partial charge on any atom is 0.253 e. The summed E-state index contributed by atoms with van der Waals surface area (Å²) in [4.78, 5) is 14.7. The lowest BCUT2D eigenvalue weighted by Gasteiger charge is -2.36. The molecule has 1 fully saturated rings. The van der Waals surface area contributed by atoms with Crippen LogP contribution in [0.5, 0.6) is 5.75 Å². The zero-order valence-electron chi connectivity index (χ0n) is 16.1. The SMILES string of the molecule is Cc1noc(C)c1COc1ccc(C(=O)N(C)C2CCCCC2C)cc1. The van der Waals surface area contributed by atoms with Gasteiger partial charge in [-0.15, -0.1) is 0 Å². The molecule has 0 saturated heterocycles. The number of nitrogens with zero attached hydrogens (tertiary/aromatic N) is 2. The highest BCUT2D eigenvalue weighted by molar-refractivity contribution is 5.94. The summed E-state index contributed by atoms with van der Waals surface area (Å²) in [5.41, 5.74) is 2.52. The predicted molar refractivity (Wildman–Crippen MR) is 100 cm³/mol. The molecule has 1 heterocycles. The van der Waals surface area contributed by atoms with Crippen molar-refractivity contribution in [2.75, 3.05) is 7.05 Å². The van der Waals surface area contributed by atoms with Gasteiger partial charge >= 0.3 is 0 Å². The minimum absolute atomic E-state index is 0.0843. The van der Waals surface area contributed by atoms with E-state index in [0.717, 1.165) is 29.2 Å². The highest BCUT2D eigenvalue weighted by Gasteiger charge is 2.28. The Hall–Kier alpha value is -2.30. The fourth-order valence-corrected chi connectivity index (χ4v) is 3.78. The van der Waals surface area contributed by atoms with Gasteiger partial charge in [-0.05, 0) is 56.9 Å². The molecular formula is C21H28N2O3. The van der Waals surface area contributed by atoms with Crippen molar-refractivity contribution in [3.63, 3.8) is 0 Å². The fraction of sp³-hybridized carbons (Fsp3) is 0.524. The molecule has 2 unspecified atom stereocenters. The van der Waals surface area contributed by atoms with Crippen LogP contribution in [0.25, 0.3) is 0 Å². The number of carbonyl (C=O) groups excluding carboxylic acids is 1. The molecule has 0 radical (unpaired) electrons. The van der Waals surface area contributed by atoms with Crippen LogP contribution < -0.4 is 4.74 Å². The van der Waals surface area contributed by atoms with Gasteiger partial charge in [0.15, 0.2) is 0 Å². The van der Waals surface area contributed by atoms with Gasteiger partial charge < -0.3 is 14.2 Å². The summed E-state index contributed by atoms with van der Waals surface area (Å²) in [6.45, 7) is 6.44. The van der Waals surface area contributed by atoms with Crippen LogP contribution in [0, 0.1) is 19.8 Å². The number of ether oxygens (including phenoxy) is 1. The molecule has 1 aromatic heterocycles. The third kappa shape index (κ3) is 3.92. The molecule has 1 aliphatic rings. The molecule has 0 spiro atoms. The number of benzene rings is 1. The van der Waals surface area contributed by atoms with Gasteiger partial charge in [0.05, 0.1) is 11.3 Å². The number of carbonyl (C=O) groups is 1. The maximum atomic E-state index is 12.8. The second-order valence-corrected chi connectivity index (χ2v) is 7.36. The summed E-state index contributed by atoms with van der Waals surface area (Å²) in [5, 5.41) is 3.93. The second-order valence-electron chi connectivity index (χ2n) is 7.36. The third-order valence-corrected chi connectivity index (χ3v) is 5.55. The van der Waals surface area contributed by atoms with Crippen molar-refractivity contribution in [1.29, 1.82) is 0 Å². The van der Waals surface area contributed by atoms with Gasteiger partial charge in [0.1, 0.15) is 18.1 Å². The van der Waals surface area contributed by atoms with E-state index in [2.05, 4.69) is 12.1 Å².